The van der Waals surface area contributed by atoms with Gasteiger partial charge in [-0.3, -0.25) is 0 Å². The molecule has 0 radical (unpaired) electrons. The highest BCUT2D eigenvalue weighted by atomic mass is 16.5. The first kappa shape index (κ1) is 9.73. The zero-order chi connectivity index (χ0) is 10.8. The lowest BCUT2D eigenvalue weighted by molar-refractivity contribution is 0.0666. The third kappa shape index (κ3) is 1.91. The van der Waals surface area contributed by atoms with Crippen molar-refractivity contribution < 1.29 is 9.47 Å². The number of para-hydroxylation sites is 1. The number of ether oxygens (including phenoxy) is 2. The molecule has 0 spiro atoms. The van der Waals surface area contributed by atoms with Crippen LogP contribution in [0, 0.1) is 0 Å². The van der Waals surface area contributed by atoms with Crippen molar-refractivity contribution in [1.29, 1.82) is 0 Å². The number of rotatable bonds is 3. The van der Waals surface area contributed by atoms with E-state index in [9.17, 15) is 0 Å². The molecule has 1 fully saturated rings. The van der Waals surface area contributed by atoms with E-state index >= 15 is 0 Å². The second-order valence-electron chi connectivity index (χ2n) is 4.17. The van der Waals surface area contributed by atoms with E-state index in [0.29, 0.717) is 6.61 Å². The van der Waals surface area contributed by atoms with E-state index in [2.05, 4.69) is 11.1 Å². The largest absolute Gasteiger partial charge is 0.476 e. The minimum atomic E-state index is 0.270. The van der Waals surface area contributed by atoms with E-state index in [1.807, 2.05) is 24.3 Å². The molecule has 1 aromatic heterocycles. The molecule has 1 aliphatic heterocycles. The maximum Gasteiger partial charge on any atom is 0.191 e. The van der Waals surface area contributed by atoms with Crippen LogP contribution in [0.3, 0.4) is 0 Å². The fourth-order valence-electron chi connectivity index (χ4n) is 2.08. The van der Waals surface area contributed by atoms with Gasteiger partial charge in [0.25, 0.3) is 0 Å². The molecule has 1 aromatic carbocycles. The average Bonchev–Trinajstić information content (AvgIpc) is 2.95. The van der Waals surface area contributed by atoms with Crippen LogP contribution < -0.4 is 4.74 Å². The summed E-state index contributed by atoms with van der Waals surface area (Å²) >= 11 is 0. The van der Waals surface area contributed by atoms with Crippen LogP contribution in [0.25, 0.3) is 10.9 Å². The van der Waals surface area contributed by atoms with Crippen molar-refractivity contribution in [3.05, 3.63) is 30.3 Å². The Bertz CT molecular complexity index is 438. The van der Waals surface area contributed by atoms with Gasteiger partial charge >= 0.3 is 0 Å². The predicted octanol–water partition coefficient (Wildman–Crippen LogP) is 2.73. The molecule has 84 valence electrons. The Balaban J connectivity index is 1.69. The summed E-state index contributed by atoms with van der Waals surface area (Å²) in [6, 6.07) is 10.2. The van der Waals surface area contributed by atoms with Gasteiger partial charge in [-0.1, -0.05) is 18.2 Å². The van der Waals surface area contributed by atoms with Crippen LogP contribution in [0.2, 0.25) is 0 Å². The van der Waals surface area contributed by atoms with Crippen LogP contribution in [0.4, 0.5) is 0 Å². The topological polar surface area (TPSA) is 34.2 Å². The summed E-state index contributed by atoms with van der Waals surface area (Å²) in [5, 5.41) is 1.19. The van der Waals surface area contributed by atoms with Gasteiger partial charge in [0.15, 0.2) is 5.88 Å². The van der Waals surface area contributed by atoms with Crippen molar-refractivity contribution in [1.82, 2.24) is 4.98 Å². The summed E-state index contributed by atoms with van der Waals surface area (Å²) in [5.41, 5.74) is 1.12. The lowest BCUT2D eigenvalue weighted by atomic mass is 10.2. The molecule has 3 nitrogen and oxygen atoms in total. The Kier molecular flexibility index (Phi) is 2.54. The Labute approximate surface area is 94.4 Å². The van der Waals surface area contributed by atoms with Gasteiger partial charge in [0.05, 0.1) is 6.10 Å². The quantitative estimate of drug-likeness (QED) is 0.857. The smallest absolute Gasteiger partial charge is 0.191 e. The highest BCUT2D eigenvalue weighted by molar-refractivity contribution is 5.81. The summed E-state index contributed by atoms with van der Waals surface area (Å²) in [7, 11) is 0. The van der Waals surface area contributed by atoms with Gasteiger partial charge in [0.2, 0.25) is 0 Å². The van der Waals surface area contributed by atoms with E-state index in [1.54, 1.807) is 0 Å². The third-order valence-electron chi connectivity index (χ3n) is 2.95. The van der Waals surface area contributed by atoms with Crippen molar-refractivity contribution in [2.24, 2.45) is 0 Å². The molecule has 2 aromatic rings. The molecule has 1 atom stereocenters. The molecular weight excluding hydrogens is 202 g/mol. The summed E-state index contributed by atoms with van der Waals surface area (Å²) in [5.74, 6) is 0.830. The van der Waals surface area contributed by atoms with Crippen molar-refractivity contribution in [3.8, 4) is 5.88 Å². The minimum Gasteiger partial charge on any atom is -0.476 e. The second kappa shape index (κ2) is 4.18. The van der Waals surface area contributed by atoms with E-state index < -0.39 is 0 Å². The first-order chi connectivity index (χ1) is 7.92. The van der Waals surface area contributed by atoms with Gasteiger partial charge in [0.1, 0.15) is 6.61 Å². The molecule has 1 N–H and O–H groups in total. The van der Waals surface area contributed by atoms with Crippen molar-refractivity contribution in [2.45, 2.75) is 18.9 Å². The molecule has 2 heterocycles. The molecule has 1 unspecified atom stereocenters. The molecular formula is C13H15NO2. The van der Waals surface area contributed by atoms with Gasteiger partial charge < -0.3 is 14.5 Å². The van der Waals surface area contributed by atoms with Crippen LogP contribution >= 0.6 is 0 Å². The number of aromatic nitrogens is 1. The van der Waals surface area contributed by atoms with Crippen molar-refractivity contribution >= 4 is 10.9 Å². The summed E-state index contributed by atoms with van der Waals surface area (Å²) < 4.78 is 11.2. The van der Waals surface area contributed by atoms with Crippen molar-refractivity contribution in [3.63, 3.8) is 0 Å². The number of fused-ring (bicyclic) bond motifs is 1. The zero-order valence-electron chi connectivity index (χ0n) is 9.11. The van der Waals surface area contributed by atoms with Gasteiger partial charge in [-0.2, -0.15) is 0 Å². The Morgan fingerprint density at radius 1 is 1.38 bits per heavy atom. The third-order valence-corrected chi connectivity index (χ3v) is 2.95. The van der Waals surface area contributed by atoms with Crippen molar-refractivity contribution in [2.75, 3.05) is 13.2 Å². The van der Waals surface area contributed by atoms with Crippen LogP contribution in [-0.4, -0.2) is 24.3 Å². The normalized spacial score (nSPS) is 20.4. The molecule has 1 aliphatic rings. The highest BCUT2D eigenvalue weighted by Gasteiger charge is 2.16. The van der Waals surface area contributed by atoms with Gasteiger partial charge in [-0.25, -0.2) is 0 Å². The Morgan fingerprint density at radius 2 is 2.31 bits per heavy atom. The molecule has 3 rings (SSSR count). The zero-order valence-corrected chi connectivity index (χ0v) is 9.11. The Hall–Kier alpha value is -1.48. The standard InChI is InChI=1S/C13H15NO2/c1-2-6-12-10(4-1)8-13(14-12)16-9-11-5-3-7-15-11/h1-2,4,6,8,11,14H,3,5,7,9H2. The molecule has 0 bridgehead atoms. The van der Waals surface area contributed by atoms with Crippen LogP contribution in [0.1, 0.15) is 12.8 Å². The maximum atomic E-state index is 5.69. The SMILES string of the molecule is c1ccc2[nH]c(OCC3CCCO3)cc2c1. The molecule has 0 aliphatic carbocycles. The van der Waals surface area contributed by atoms with Crippen LogP contribution in [0.5, 0.6) is 5.88 Å². The number of aromatic amines is 1. The fourth-order valence-corrected chi connectivity index (χ4v) is 2.08. The first-order valence-corrected chi connectivity index (χ1v) is 5.74. The number of benzene rings is 1. The maximum absolute atomic E-state index is 5.69. The van der Waals surface area contributed by atoms with Gasteiger partial charge in [-0.05, 0) is 18.9 Å². The van der Waals surface area contributed by atoms with E-state index in [1.165, 1.54) is 5.39 Å². The molecule has 0 amide bonds. The number of hydrogen-bond donors (Lipinski definition) is 1. The highest BCUT2D eigenvalue weighted by Crippen LogP contribution is 2.21. The molecule has 3 heteroatoms. The number of hydrogen-bond acceptors (Lipinski definition) is 2. The number of H-pyrrole nitrogens is 1. The lowest BCUT2D eigenvalue weighted by Gasteiger charge is -2.09. The summed E-state index contributed by atoms with van der Waals surface area (Å²) in [6.07, 6.45) is 2.53. The van der Waals surface area contributed by atoms with Gasteiger partial charge in [-0.15, -0.1) is 0 Å². The molecule has 1 saturated heterocycles. The minimum absolute atomic E-state index is 0.270. The molecule has 0 saturated carbocycles. The summed E-state index contributed by atoms with van der Waals surface area (Å²) in [4.78, 5) is 3.24. The Morgan fingerprint density at radius 3 is 3.12 bits per heavy atom. The predicted molar refractivity (Wildman–Crippen MR) is 62.8 cm³/mol. The molecule has 16 heavy (non-hydrogen) atoms. The van der Waals surface area contributed by atoms with Gasteiger partial charge in [0, 0.05) is 23.6 Å². The monoisotopic (exact) mass is 217 g/mol. The first-order valence-electron chi connectivity index (χ1n) is 5.74. The second-order valence-corrected chi connectivity index (χ2v) is 4.17. The van der Waals surface area contributed by atoms with E-state index in [-0.39, 0.29) is 6.10 Å². The van der Waals surface area contributed by atoms with E-state index in [4.69, 9.17) is 9.47 Å². The lowest BCUT2D eigenvalue weighted by Crippen LogP contribution is -2.16. The van der Waals surface area contributed by atoms with Crippen LogP contribution in [-0.2, 0) is 4.74 Å². The summed E-state index contributed by atoms with van der Waals surface area (Å²) in [6.45, 7) is 1.52. The van der Waals surface area contributed by atoms with E-state index in [0.717, 1.165) is 30.8 Å². The fraction of sp³-hybridized carbons (Fsp3) is 0.385. The van der Waals surface area contributed by atoms with Crippen LogP contribution in [0.15, 0.2) is 30.3 Å². The number of nitrogens with one attached hydrogen (secondary N) is 1. The average molecular weight is 217 g/mol.